The lowest BCUT2D eigenvalue weighted by Gasteiger charge is -2.22. The van der Waals surface area contributed by atoms with Crippen LogP contribution in [0.25, 0.3) is 0 Å². The van der Waals surface area contributed by atoms with E-state index in [2.05, 4.69) is 29.6 Å². The zero-order valence-electron chi connectivity index (χ0n) is 19.1. The molecule has 0 saturated heterocycles. The number of hydrogen-bond donors (Lipinski definition) is 2. The van der Waals surface area contributed by atoms with E-state index in [1.54, 1.807) is 25.1 Å². The SMILES string of the molecule is CCOC(=O)c1ccc(OCC)c(OCC(O)CNC(c2ccccc2)c2ccccc2)c1. The van der Waals surface area contributed by atoms with Crippen molar-refractivity contribution in [2.75, 3.05) is 26.4 Å². The summed E-state index contributed by atoms with van der Waals surface area (Å²) >= 11 is 0. The lowest BCUT2D eigenvalue weighted by atomic mass is 9.98. The van der Waals surface area contributed by atoms with E-state index in [4.69, 9.17) is 14.2 Å². The lowest BCUT2D eigenvalue weighted by molar-refractivity contribution is 0.0525. The number of aliphatic hydroxyl groups excluding tert-OH is 1. The van der Waals surface area contributed by atoms with Gasteiger partial charge in [-0.25, -0.2) is 4.79 Å². The summed E-state index contributed by atoms with van der Waals surface area (Å²) < 4.78 is 16.5. The maximum atomic E-state index is 12.1. The van der Waals surface area contributed by atoms with Crippen LogP contribution >= 0.6 is 0 Å². The minimum absolute atomic E-state index is 0.0374. The predicted octanol–water partition coefficient (Wildman–Crippen LogP) is 4.38. The van der Waals surface area contributed by atoms with Crippen LogP contribution in [-0.2, 0) is 4.74 Å². The number of carbonyl (C=O) groups excluding carboxylic acids is 1. The molecule has 0 heterocycles. The Labute approximate surface area is 195 Å². The maximum absolute atomic E-state index is 12.1. The van der Waals surface area contributed by atoms with Gasteiger partial charge in [-0.1, -0.05) is 60.7 Å². The van der Waals surface area contributed by atoms with Gasteiger partial charge in [-0.3, -0.25) is 0 Å². The van der Waals surface area contributed by atoms with Gasteiger partial charge in [-0.05, 0) is 43.2 Å². The number of esters is 1. The quantitative estimate of drug-likeness (QED) is 0.400. The molecule has 1 atom stereocenters. The summed E-state index contributed by atoms with van der Waals surface area (Å²) in [6, 6.07) is 25.0. The summed E-state index contributed by atoms with van der Waals surface area (Å²) in [5.41, 5.74) is 2.59. The largest absolute Gasteiger partial charge is 0.490 e. The van der Waals surface area contributed by atoms with Crippen LogP contribution in [0.4, 0.5) is 0 Å². The molecule has 1 unspecified atom stereocenters. The van der Waals surface area contributed by atoms with Gasteiger partial charge in [-0.2, -0.15) is 0 Å². The molecule has 174 valence electrons. The highest BCUT2D eigenvalue weighted by atomic mass is 16.5. The Morgan fingerprint density at radius 1 is 0.848 bits per heavy atom. The molecule has 0 aromatic heterocycles. The Morgan fingerprint density at radius 2 is 1.48 bits per heavy atom. The highest BCUT2D eigenvalue weighted by Gasteiger charge is 2.17. The lowest BCUT2D eigenvalue weighted by Crippen LogP contribution is -2.34. The molecule has 3 aromatic rings. The van der Waals surface area contributed by atoms with Crippen LogP contribution in [0.5, 0.6) is 11.5 Å². The first kappa shape index (κ1) is 24.3. The van der Waals surface area contributed by atoms with E-state index >= 15 is 0 Å². The van der Waals surface area contributed by atoms with Crippen molar-refractivity contribution in [2.24, 2.45) is 0 Å². The molecule has 3 aromatic carbocycles. The van der Waals surface area contributed by atoms with E-state index in [0.29, 0.717) is 30.2 Å². The summed E-state index contributed by atoms with van der Waals surface area (Å²) in [7, 11) is 0. The Kier molecular flexibility index (Phi) is 9.30. The Bertz CT molecular complexity index is 954. The molecule has 33 heavy (non-hydrogen) atoms. The fourth-order valence-electron chi connectivity index (χ4n) is 3.45. The van der Waals surface area contributed by atoms with Gasteiger partial charge in [-0.15, -0.1) is 0 Å². The minimum Gasteiger partial charge on any atom is -0.490 e. The molecule has 0 saturated carbocycles. The van der Waals surface area contributed by atoms with E-state index in [1.807, 2.05) is 43.3 Å². The molecular weight excluding hydrogens is 418 g/mol. The molecule has 2 N–H and O–H groups in total. The van der Waals surface area contributed by atoms with Crippen molar-refractivity contribution in [1.29, 1.82) is 0 Å². The molecule has 0 bridgehead atoms. The first-order chi connectivity index (χ1) is 16.1. The van der Waals surface area contributed by atoms with Crippen LogP contribution in [0.3, 0.4) is 0 Å². The average Bonchev–Trinajstić information content (AvgIpc) is 2.85. The highest BCUT2D eigenvalue weighted by molar-refractivity contribution is 5.90. The number of rotatable bonds is 12. The topological polar surface area (TPSA) is 77.0 Å². The molecule has 3 rings (SSSR count). The molecule has 0 fully saturated rings. The predicted molar refractivity (Wildman–Crippen MR) is 128 cm³/mol. The second kappa shape index (κ2) is 12.6. The Balaban J connectivity index is 1.66. The molecule has 0 aliphatic carbocycles. The van der Waals surface area contributed by atoms with Gasteiger partial charge in [0.2, 0.25) is 0 Å². The number of nitrogens with one attached hydrogen (secondary N) is 1. The van der Waals surface area contributed by atoms with Gasteiger partial charge >= 0.3 is 5.97 Å². The van der Waals surface area contributed by atoms with Crippen LogP contribution in [0.15, 0.2) is 78.9 Å². The number of ether oxygens (including phenoxy) is 3. The molecule has 0 aliphatic rings. The van der Waals surface area contributed by atoms with Crippen molar-refractivity contribution in [1.82, 2.24) is 5.32 Å². The summed E-state index contributed by atoms with van der Waals surface area (Å²) in [5, 5.41) is 14.1. The van der Waals surface area contributed by atoms with E-state index in [-0.39, 0.29) is 19.3 Å². The smallest absolute Gasteiger partial charge is 0.338 e. The van der Waals surface area contributed by atoms with Gasteiger partial charge < -0.3 is 24.6 Å². The number of carbonyl (C=O) groups is 1. The van der Waals surface area contributed by atoms with Crippen LogP contribution in [-0.4, -0.2) is 43.5 Å². The van der Waals surface area contributed by atoms with E-state index in [9.17, 15) is 9.90 Å². The van der Waals surface area contributed by atoms with Crippen LogP contribution < -0.4 is 14.8 Å². The molecule has 0 amide bonds. The fourth-order valence-corrected chi connectivity index (χ4v) is 3.45. The van der Waals surface area contributed by atoms with Crippen molar-refractivity contribution in [3.05, 3.63) is 95.6 Å². The molecule has 6 heteroatoms. The third-order valence-electron chi connectivity index (χ3n) is 5.01. The van der Waals surface area contributed by atoms with Gasteiger partial charge in [0.15, 0.2) is 11.5 Å². The zero-order valence-corrected chi connectivity index (χ0v) is 19.1. The third-order valence-corrected chi connectivity index (χ3v) is 5.01. The number of hydrogen-bond acceptors (Lipinski definition) is 6. The first-order valence-corrected chi connectivity index (χ1v) is 11.2. The second-order valence-electron chi connectivity index (χ2n) is 7.44. The summed E-state index contributed by atoms with van der Waals surface area (Å²) in [6.07, 6.45) is -0.777. The van der Waals surface area contributed by atoms with Crippen molar-refractivity contribution >= 4 is 5.97 Å². The summed E-state index contributed by atoms with van der Waals surface area (Å²) in [4.78, 5) is 12.1. The third kappa shape index (κ3) is 7.07. The number of aliphatic hydroxyl groups is 1. The monoisotopic (exact) mass is 449 g/mol. The van der Waals surface area contributed by atoms with Gasteiger partial charge in [0.1, 0.15) is 12.7 Å². The average molecular weight is 450 g/mol. The van der Waals surface area contributed by atoms with Crippen LogP contribution in [0, 0.1) is 0 Å². The second-order valence-corrected chi connectivity index (χ2v) is 7.44. The summed E-state index contributed by atoms with van der Waals surface area (Å²) in [5.74, 6) is 0.474. The molecule has 0 radical (unpaired) electrons. The molecule has 0 aliphatic heterocycles. The first-order valence-electron chi connectivity index (χ1n) is 11.2. The highest BCUT2D eigenvalue weighted by Crippen LogP contribution is 2.29. The van der Waals surface area contributed by atoms with Crippen LogP contribution in [0.1, 0.15) is 41.4 Å². The summed E-state index contributed by atoms with van der Waals surface area (Å²) in [6.45, 7) is 4.72. The maximum Gasteiger partial charge on any atom is 0.338 e. The van der Waals surface area contributed by atoms with Crippen molar-refractivity contribution in [3.63, 3.8) is 0 Å². The van der Waals surface area contributed by atoms with Crippen molar-refractivity contribution in [3.8, 4) is 11.5 Å². The minimum atomic E-state index is -0.777. The van der Waals surface area contributed by atoms with E-state index in [1.165, 1.54) is 0 Å². The normalized spacial score (nSPS) is 11.8. The Morgan fingerprint density at radius 3 is 2.06 bits per heavy atom. The Hall–Kier alpha value is -3.35. The van der Waals surface area contributed by atoms with Crippen LogP contribution in [0.2, 0.25) is 0 Å². The standard InChI is InChI=1S/C27H31NO5/c1-3-31-24-16-15-22(27(30)32-4-2)17-25(24)33-19-23(29)18-28-26(20-11-7-5-8-12-20)21-13-9-6-10-14-21/h5-17,23,26,28-29H,3-4,18-19H2,1-2H3. The zero-order chi connectivity index (χ0) is 23.5. The van der Waals surface area contributed by atoms with Crippen molar-refractivity contribution < 1.29 is 24.1 Å². The van der Waals surface area contributed by atoms with Crippen molar-refractivity contribution in [2.45, 2.75) is 26.0 Å². The van der Waals surface area contributed by atoms with E-state index < -0.39 is 12.1 Å². The molecule has 6 nitrogen and oxygen atoms in total. The molecular formula is C27H31NO5. The number of benzene rings is 3. The fraction of sp³-hybridized carbons (Fsp3) is 0.296. The molecule has 0 spiro atoms. The van der Waals surface area contributed by atoms with Gasteiger partial charge in [0, 0.05) is 6.54 Å². The van der Waals surface area contributed by atoms with Gasteiger partial charge in [0.05, 0.1) is 24.8 Å². The van der Waals surface area contributed by atoms with E-state index in [0.717, 1.165) is 11.1 Å². The van der Waals surface area contributed by atoms with Gasteiger partial charge in [0.25, 0.3) is 0 Å².